The van der Waals surface area contributed by atoms with Gasteiger partial charge < -0.3 is 15.1 Å². The van der Waals surface area contributed by atoms with E-state index in [-0.39, 0.29) is 5.91 Å². The topological polar surface area (TPSA) is 36.8 Å². The molecule has 0 bridgehead atoms. The first-order valence-corrected chi connectivity index (χ1v) is 8.23. The Balaban J connectivity index is 1.79. The van der Waals surface area contributed by atoms with Crippen LogP contribution >= 0.6 is 11.6 Å². The minimum absolute atomic E-state index is 0.139. The van der Waals surface area contributed by atoms with Crippen LogP contribution in [0.3, 0.4) is 0 Å². The second kappa shape index (κ2) is 7.02. The molecule has 1 aliphatic heterocycles. The van der Waals surface area contributed by atoms with Gasteiger partial charge in [-0.25, -0.2) is 0 Å². The normalized spacial score (nSPS) is 15.5. The maximum Gasteiger partial charge on any atom is 0.255 e. The fraction of sp³-hybridized carbons (Fsp3) is 0.278. The Morgan fingerprint density at radius 1 is 1.13 bits per heavy atom. The van der Waals surface area contributed by atoms with Crippen molar-refractivity contribution < 1.29 is 9.69 Å². The molecule has 0 atom stereocenters. The van der Waals surface area contributed by atoms with E-state index in [0.717, 1.165) is 37.6 Å². The molecule has 0 radical (unpaired) electrons. The van der Waals surface area contributed by atoms with Gasteiger partial charge in [0.1, 0.15) is 0 Å². The Kier molecular flexibility index (Phi) is 4.84. The number of carbonyl (C=O) groups excluding carboxylic acids is 1. The summed E-state index contributed by atoms with van der Waals surface area (Å²) in [5.74, 6) is -0.139. The molecular weight excluding hydrogens is 310 g/mol. The smallest absolute Gasteiger partial charge is 0.255 e. The molecule has 0 saturated carbocycles. The van der Waals surface area contributed by atoms with Crippen molar-refractivity contribution in [1.82, 2.24) is 0 Å². The lowest BCUT2D eigenvalue weighted by Crippen LogP contribution is -3.12. The molecule has 1 aliphatic rings. The van der Waals surface area contributed by atoms with Crippen molar-refractivity contribution in [2.24, 2.45) is 0 Å². The first-order valence-electron chi connectivity index (χ1n) is 7.85. The van der Waals surface area contributed by atoms with Crippen molar-refractivity contribution in [2.45, 2.75) is 0 Å². The predicted octanol–water partition coefficient (Wildman–Crippen LogP) is 1.93. The number of benzene rings is 2. The van der Waals surface area contributed by atoms with Crippen molar-refractivity contribution in [3.63, 3.8) is 0 Å². The van der Waals surface area contributed by atoms with Crippen LogP contribution in [0, 0.1) is 0 Å². The second-order valence-corrected chi connectivity index (χ2v) is 6.36. The fourth-order valence-corrected chi connectivity index (χ4v) is 3.00. The summed E-state index contributed by atoms with van der Waals surface area (Å²) >= 11 is 5.97. The summed E-state index contributed by atoms with van der Waals surface area (Å²) in [4.78, 5) is 16.3. The number of para-hydroxylation sites is 2. The molecule has 0 aromatic heterocycles. The van der Waals surface area contributed by atoms with E-state index in [1.807, 2.05) is 18.2 Å². The largest absolute Gasteiger partial charge is 0.359 e. The van der Waals surface area contributed by atoms with Gasteiger partial charge in [-0.05, 0) is 30.3 Å². The molecule has 2 aromatic carbocycles. The molecule has 0 unspecified atom stereocenters. The van der Waals surface area contributed by atoms with Crippen LogP contribution in [0.4, 0.5) is 11.4 Å². The number of likely N-dealkylation sites (N-methyl/N-ethyl adjacent to an activating group) is 1. The molecule has 1 amide bonds. The van der Waals surface area contributed by atoms with Gasteiger partial charge in [-0.1, -0.05) is 29.8 Å². The maximum atomic E-state index is 12.5. The number of hydrogen-bond acceptors (Lipinski definition) is 2. The molecule has 3 rings (SSSR count). The lowest BCUT2D eigenvalue weighted by atomic mass is 10.2. The van der Waals surface area contributed by atoms with Crippen molar-refractivity contribution in [3.05, 3.63) is 59.1 Å². The summed E-state index contributed by atoms with van der Waals surface area (Å²) in [6, 6.07) is 15.0. The minimum atomic E-state index is -0.139. The summed E-state index contributed by atoms with van der Waals surface area (Å²) in [5.41, 5.74) is 2.49. The Morgan fingerprint density at radius 3 is 2.61 bits per heavy atom. The number of piperazine rings is 1. The minimum Gasteiger partial charge on any atom is -0.359 e. The second-order valence-electron chi connectivity index (χ2n) is 5.93. The monoisotopic (exact) mass is 330 g/mol. The van der Waals surface area contributed by atoms with Gasteiger partial charge in [0.25, 0.3) is 5.91 Å². The third-order valence-corrected chi connectivity index (χ3v) is 4.43. The number of amides is 1. The molecule has 120 valence electrons. The van der Waals surface area contributed by atoms with E-state index < -0.39 is 0 Å². The average molecular weight is 331 g/mol. The molecule has 1 heterocycles. The SMILES string of the molecule is C[NH+]1CCN(c2ccccc2NC(=O)c2cccc(Cl)c2)CC1. The lowest BCUT2D eigenvalue weighted by Gasteiger charge is -2.33. The van der Waals surface area contributed by atoms with Crippen LogP contribution in [0.5, 0.6) is 0 Å². The summed E-state index contributed by atoms with van der Waals surface area (Å²) in [5, 5.41) is 3.58. The van der Waals surface area contributed by atoms with Gasteiger partial charge in [-0.15, -0.1) is 0 Å². The number of rotatable bonds is 3. The molecule has 1 saturated heterocycles. The molecule has 4 nitrogen and oxygen atoms in total. The van der Waals surface area contributed by atoms with E-state index in [1.165, 1.54) is 0 Å². The number of quaternary nitrogens is 1. The van der Waals surface area contributed by atoms with Crippen LogP contribution in [-0.2, 0) is 0 Å². The van der Waals surface area contributed by atoms with Crippen LogP contribution in [0.1, 0.15) is 10.4 Å². The van der Waals surface area contributed by atoms with Gasteiger partial charge in [0.15, 0.2) is 0 Å². The standard InChI is InChI=1S/C18H20ClN3O/c1-21-9-11-22(12-10-21)17-8-3-2-7-16(17)20-18(23)14-5-4-6-15(19)13-14/h2-8,13H,9-12H2,1H3,(H,20,23)/p+1. The average Bonchev–Trinajstić information content (AvgIpc) is 2.56. The highest BCUT2D eigenvalue weighted by molar-refractivity contribution is 6.31. The first kappa shape index (κ1) is 15.8. The third-order valence-electron chi connectivity index (χ3n) is 4.20. The zero-order valence-corrected chi connectivity index (χ0v) is 13.9. The van der Waals surface area contributed by atoms with E-state index in [9.17, 15) is 4.79 Å². The quantitative estimate of drug-likeness (QED) is 0.902. The number of anilines is 2. The van der Waals surface area contributed by atoms with Crippen molar-refractivity contribution in [3.8, 4) is 0 Å². The van der Waals surface area contributed by atoms with E-state index in [1.54, 1.807) is 29.2 Å². The fourth-order valence-electron chi connectivity index (χ4n) is 2.81. The first-order chi connectivity index (χ1) is 11.1. The molecule has 5 heteroatoms. The zero-order chi connectivity index (χ0) is 16.2. The van der Waals surface area contributed by atoms with E-state index in [2.05, 4.69) is 23.3 Å². The number of hydrogen-bond donors (Lipinski definition) is 2. The van der Waals surface area contributed by atoms with E-state index >= 15 is 0 Å². The zero-order valence-electron chi connectivity index (χ0n) is 13.2. The predicted molar refractivity (Wildman–Crippen MR) is 94.7 cm³/mol. The van der Waals surface area contributed by atoms with Crippen LogP contribution in [0.15, 0.2) is 48.5 Å². The summed E-state index contributed by atoms with van der Waals surface area (Å²) in [6.45, 7) is 4.21. The van der Waals surface area contributed by atoms with Gasteiger partial charge in [0, 0.05) is 10.6 Å². The molecule has 0 spiro atoms. The van der Waals surface area contributed by atoms with Crippen molar-refractivity contribution in [1.29, 1.82) is 0 Å². The summed E-state index contributed by atoms with van der Waals surface area (Å²) < 4.78 is 0. The van der Waals surface area contributed by atoms with Crippen molar-refractivity contribution in [2.75, 3.05) is 43.4 Å². The number of halogens is 1. The van der Waals surface area contributed by atoms with Gasteiger partial charge in [-0.3, -0.25) is 4.79 Å². The summed E-state index contributed by atoms with van der Waals surface area (Å²) in [6.07, 6.45) is 0. The van der Waals surface area contributed by atoms with E-state index in [4.69, 9.17) is 11.6 Å². The number of carbonyl (C=O) groups is 1. The maximum absolute atomic E-state index is 12.5. The highest BCUT2D eigenvalue weighted by Gasteiger charge is 2.20. The van der Waals surface area contributed by atoms with Crippen LogP contribution in [0.2, 0.25) is 5.02 Å². The lowest BCUT2D eigenvalue weighted by molar-refractivity contribution is -0.880. The Morgan fingerprint density at radius 2 is 1.87 bits per heavy atom. The molecule has 23 heavy (non-hydrogen) atoms. The van der Waals surface area contributed by atoms with Crippen LogP contribution < -0.4 is 15.1 Å². The Hall–Kier alpha value is -2.04. The van der Waals surface area contributed by atoms with Gasteiger partial charge >= 0.3 is 0 Å². The Labute approximate surface area is 141 Å². The summed E-state index contributed by atoms with van der Waals surface area (Å²) in [7, 11) is 2.21. The molecular formula is C18H21ClN3O+. The highest BCUT2D eigenvalue weighted by atomic mass is 35.5. The van der Waals surface area contributed by atoms with Gasteiger partial charge in [0.2, 0.25) is 0 Å². The van der Waals surface area contributed by atoms with Crippen LogP contribution in [0.25, 0.3) is 0 Å². The molecule has 1 fully saturated rings. The van der Waals surface area contributed by atoms with E-state index in [0.29, 0.717) is 10.6 Å². The van der Waals surface area contributed by atoms with Gasteiger partial charge in [-0.2, -0.15) is 0 Å². The number of nitrogens with zero attached hydrogens (tertiary/aromatic N) is 1. The molecule has 2 N–H and O–H groups in total. The highest BCUT2D eigenvalue weighted by Crippen LogP contribution is 2.26. The third kappa shape index (κ3) is 3.84. The van der Waals surface area contributed by atoms with Gasteiger partial charge in [0.05, 0.1) is 44.6 Å². The van der Waals surface area contributed by atoms with Crippen molar-refractivity contribution >= 4 is 28.9 Å². The Bertz CT molecular complexity index is 696. The number of nitrogens with one attached hydrogen (secondary N) is 2. The molecule has 0 aliphatic carbocycles. The molecule has 2 aromatic rings. The van der Waals surface area contributed by atoms with Crippen LogP contribution in [-0.4, -0.2) is 39.1 Å².